The van der Waals surface area contributed by atoms with Gasteiger partial charge in [-0.05, 0) is 67.6 Å². The molecule has 0 radical (unpaired) electrons. The van der Waals surface area contributed by atoms with E-state index in [1.54, 1.807) is 23.0 Å². The maximum absolute atomic E-state index is 12.5. The van der Waals surface area contributed by atoms with Crippen molar-refractivity contribution in [3.8, 4) is 23.2 Å². The van der Waals surface area contributed by atoms with Crippen LogP contribution in [0.25, 0.3) is 5.82 Å². The van der Waals surface area contributed by atoms with Crippen LogP contribution in [0.15, 0.2) is 77.8 Å². The maximum Gasteiger partial charge on any atom is 0.573 e. The summed E-state index contributed by atoms with van der Waals surface area (Å²) in [7, 11) is -4.03. The average Bonchev–Trinajstić information content (AvgIpc) is 3.21. The van der Waals surface area contributed by atoms with Gasteiger partial charge in [0.05, 0.1) is 10.6 Å². The van der Waals surface area contributed by atoms with Crippen LogP contribution in [0, 0.1) is 6.92 Å². The minimum absolute atomic E-state index is 0.221. The molecule has 0 amide bonds. The van der Waals surface area contributed by atoms with Crippen LogP contribution < -0.4 is 14.2 Å². The number of aryl methyl sites for hydroxylation is 1. The number of nitrogens with zero attached hydrogens (tertiary/aromatic N) is 4. The second kappa shape index (κ2) is 9.02. The third-order valence-electron chi connectivity index (χ3n) is 4.28. The lowest BCUT2D eigenvalue weighted by atomic mass is 10.3. The van der Waals surface area contributed by atoms with Gasteiger partial charge in [0, 0.05) is 18.0 Å². The van der Waals surface area contributed by atoms with Gasteiger partial charge in [0.2, 0.25) is 5.88 Å². The lowest BCUT2D eigenvalue weighted by Gasteiger charge is -2.11. The van der Waals surface area contributed by atoms with E-state index < -0.39 is 22.1 Å². The van der Waals surface area contributed by atoms with Gasteiger partial charge in [-0.15, -0.1) is 23.4 Å². The van der Waals surface area contributed by atoms with Gasteiger partial charge in [-0.3, -0.25) is 4.72 Å². The summed E-state index contributed by atoms with van der Waals surface area (Å²) < 4.78 is 75.0. The maximum atomic E-state index is 12.5. The number of hydrogen-bond acceptors (Lipinski definition) is 7. The Bertz CT molecular complexity index is 1370. The van der Waals surface area contributed by atoms with Crippen molar-refractivity contribution in [2.24, 2.45) is 0 Å². The van der Waals surface area contributed by atoms with Crippen LogP contribution in [0.2, 0.25) is 0 Å². The van der Waals surface area contributed by atoms with Crippen LogP contribution in [0.1, 0.15) is 5.69 Å². The van der Waals surface area contributed by atoms with Crippen molar-refractivity contribution in [3.05, 3.63) is 78.6 Å². The van der Waals surface area contributed by atoms with Crippen molar-refractivity contribution in [3.63, 3.8) is 0 Å². The first-order valence-electron chi connectivity index (χ1n) is 9.60. The van der Waals surface area contributed by atoms with Gasteiger partial charge < -0.3 is 9.47 Å². The Morgan fingerprint density at radius 2 is 1.56 bits per heavy atom. The summed E-state index contributed by atoms with van der Waals surface area (Å²) in [5, 5.41) is 12.3. The summed E-state index contributed by atoms with van der Waals surface area (Å²) in [6.45, 7) is 1.86. The first kappa shape index (κ1) is 23.0. The number of ether oxygens (including phenoxy) is 2. The summed E-state index contributed by atoms with van der Waals surface area (Å²) >= 11 is 0. The molecule has 176 valence electrons. The predicted molar refractivity (Wildman–Crippen MR) is 114 cm³/mol. The van der Waals surface area contributed by atoms with Crippen molar-refractivity contribution in [2.45, 2.75) is 18.2 Å². The van der Waals surface area contributed by atoms with Gasteiger partial charge >= 0.3 is 6.36 Å². The second-order valence-electron chi connectivity index (χ2n) is 6.88. The molecule has 4 rings (SSSR count). The third kappa shape index (κ3) is 5.81. The van der Waals surface area contributed by atoms with Gasteiger partial charge in [-0.2, -0.15) is 5.10 Å². The van der Waals surface area contributed by atoms with E-state index >= 15 is 0 Å². The minimum atomic E-state index is -4.87. The van der Waals surface area contributed by atoms with Crippen molar-refractivity contribution in [1.82, 2.24) is 20.0 Å². The molecule has 4 aromatic rings. The van der Waals surface area contributed by atoms with Crippen molar-refractivity contribution in [1.29, 1.82) is 0 Å². The molecule has 0 atom stereocenters. The summed E-state index contributed by atoms with van der Waals surface area (Å²) in [4.78, 5) is -0.231. The normalized spacial score (nSPS) is 11.8. The monoisotopic (exact) mass is 491 g/mol. The standard InChI is InChI=1S/C21H16F3N5O4S/c1-14-12-13-29(27-14)19-10-11-20(26-25-19)32-16-4-2-15(3-5-16)28-34(30,31)18-8-6-17(7-9-18)33-21(22,23)24/h2-13,28H,1H3. The molecule has 0 fully saturated rings. The second-order valence-corrected chi connectivity index (χ2v) is 8.57. The number of alkyl halides is 3. The zero-order valence-corrected chi connectivity index (χ0v) is 18.2. The SMILES string of the molecule is Cc1ccn(-c2ccc(Oc3ccc(NS(=O)(=O)c4ccc(OC(F)(F)F)cc4)cc3)nn2)n1. The average molecular weight is 491 g/mol. The number of halogens is 3. The topological polar surface area (TPSA) is 108 Å². The molecule has 2 aromatic heterocycles. The Morgan fingerprint density at radius 3 is 2.12 bits per heavy atom. The zero-order valence-electron chi connectivity index (χ0n) is 17.4. The Labute approximate surface area is 191 Å². The van der Waals surface area contributed by atoms with E-state index in [1.165, 1.54) is 24.3 Å². The molecule has 0 bridgehead atoms. The van der Waals surface area contributed by atoms with Gasteiger partial charge in [0.25, 0.3) is 10.0 Å². The molecule has 0 spiro atoms. The fourth-order valence-electron chi connectivity index (χ4n) is 2.78. The molecule has 0 saturated heterocycles. The fraction of sp³-hybridized carbons (Fsp3) is 0.0952. The van der Waals surface area contributed by atoms with E-state index in [-0.39, 0.29) is 16.5 Å². The van der Waals surface area contributed by atoms with Crippen molar-refractivity contribution >= 4 is 15.7 Å². The first-order valence-corrected chi connectivity index (χ1v) is 11.1. The number of anilines is 1. The molecule has 2 aromatic carbocycles. The highest BCUT2D eigenvalue weighted by molar-refractivity contribution is 7.92. The highest BCUT2D eigenvalue weighted by atomic mass is 32.2. The zero-order chi connectivity index (χ0) is 24.3. The number of rotatable bonds is 7. The Balaban J connectivity index is 1.39. The predicted octanol–water partition coefficient (Wildman–Crippen LogP) is 4.46. The molecule has 0 unspecified atom stereocenters. The molecule has 0 aliphatic rings. The van der Waals surface area contributed by atoms with E-state index in [2.05, 4.69) is 24.8 Å². The van der Waals surface area contributed by atoms with E-state index in [0.29, 0.717) is 11.6 Å². The summed E-state index contributed by atoms with van der Waals surface area (Å²) in [5.74, 6) is 0.600. The van der Waals surface area contributed by atoms with Crippen molar-refractivity contribution in [2.75, 3.05) is 4.72 Å². The molecule has 0 aliphatic heterocycles. The number of hydrogen-bond donors (Lipinski definition) is 1. The Hall–Kier alpha value is -4.13. The smallest absolute Gasteiger partial charge is 0.438 e. The molecular formula is C21H16F3N5O4S. The van der Waals surface area contributed by atoms with Crippen LogP contribution in [-0.2, 0) is 10.0 Å². The largest absolute Gasteiger partial charge is 0.573 e. The lowest BCUT2D eigenvalue weighted by molar-refractivity contribution is -0.274. The quantitative estimate of drug-likeness (QED) is 0.407. The number of sulfonamides is 1. The van der Waals surface area contributed by atoms with Crippen LogP contribution in [0.4, 0.5) is 18.9 Å². The highest BCUT2D eigenvalue weighted by Gasteiger charge is 2.31. The lowest BCUT2D eigenvalue weighted by Crippen LogP contribution is -2.17. The molecule has 0 saturated carbocycles. The van der Waals surface area contributed by atoms with E-state index in [9.17, 15) is 21.6 Å². The van der Waals surface area contributed by atoms with Gasteiger partial charge in [0.1, 0.15) is 11.5 Å². The molecular weight excluding hydrogens is 475 g/mol. The summed E-state index contributed by atoms with van der Waals surface area (Å²) in [5.41, 5.74) is 1.06. The van der Waals surface area contributed by atoms with E-state index in [1.807, 2.05) is 13.0 Å². The van der Waals surface area contributed by atoms with Crippen LogP contribution >= 0.6 is 0 Å². The molecule has 34 heavy (non-hydrogen) atoms. The Morgan fingerprint density at radius 1 is 0.882 bits per heavy atom. The molecule has 1 N–H and O–H groups in total. The molecule has 13 heteroatoms. The van der Waals surface area contributed by atoms with Crippen molar-refractivity contribution < 1.29 is 31.1 Å². The molecule has 2 heterocycles. The van der Waals surface area contributed by atoms with Gasteiger partial charge in [-0.1, -0.05) is 0 Å². The highest BCUT2D eigenvalue weighted by Crippen LogP contribution is 2.26. The number of nitrogens with one attached hydrogen (secondary N) is 1. The fourth-order valence-corrected chi connectivity index (χ4v) is 3.84. The van der Waals surface area contributed by atoms with Crippen LogP contribution in [-0.4, -0.2) is 34.8 Å². The molecule has 0 aliphatic carbocycles. The Kier molecular flexibility index (Phi) is 6.11. The van der Waals surface area contributed by atoms with Gasteiger partial charge in [0.15, 0.2) is 5.82 Å². The number of benzene rings is 2. The van der Waals surface area contributed by atoms with Crippen LogP contribution in [0.5, 0.6) is 17.4 Å². The third-order valence-corrected chi connectivity index (χ3v) is 5.68. The minimum Gasteiger partial charge on any atom is -0.438 e. The summed E-state index contributed by atoms with van der Waals surface area (Å²) in [6, 6.07) is 14.9. The summed E-state index contributed by atoms with van der Waals surface area (Å²) in [6.07, 6.45) is -3.11. The molecule has 9 nitrogen and oxygen atoms in total. The van der Waals surface area contributed by atoms with E-state index in [0.717, 1.165) is 30.0 Å². The number of aromatic nitrogens is 4. The van der Waals surface area contributed by atoms with Gasteiger partial charge in [-0.25, -0.2) is 13.1 Å². The first-order chi connectivity index (χ1) is 16.1. The van der Waals surface area contributed by atoms with Crippen LogP contribution in [0.3, 0.4) is 0 Å². The van der Waals surface area contributed by atoms with E-state index in [4.69, 9.17) is 4.74 Å².